The highest BCUT2D eigenvalue weighted by molar-refractivity contribution is 9.10. The predicted molar refractivity (Wildman–Crippen MR) is 67.2 cm³/mol. The number of rotatable bonds is 4. The molecule has 2 nitrogen and oxygen atoms in total. The third-order valence-electron chi connectivity index (χ3n) is 1.80. The van der Waals surface area contributed by atoms with Gasteiger partial charge in [-0.05, 0) is 30.8 Å². The Balaban J connectivity index is 2.67. The first-order valence-corrected chi connectivity index (χ1v) is 5.59. The lowest BCUT2D eigenvalue weighted by Crippen LogP contribution is -2.28. The van der Waals surface area contributed by atoms with Crippen molar-refractivity contribution in [2.75, 3.05) is 13.6 Å². The van der Waals surface area contributed by atoms with Crippen molar-refractivity contribution in [2.45, 2.75) is 6.54 Å². The fourth-order valence-corrected chi connectivity index (χ4v) is 2.07. The molecule has 5 heteroatoms. The van der Waals surface area contributed by atoms with E-state index in [2.05, 4.69) is 15.9 Å². The van der Waals surface area contributed by atoms with E-state index >= 15 is 0 Å². The Morgan fingerprint density at radius 2 is 2.20 bits per heavy atom. The molecule has 1 rings (SSSR count). The van der Waals surface area contributed by atoms with Gasteiger partial charge < -0.3 is 5.73 Å². The number of nitrogens with zero attached hydrogens (tertiary/aromatic N) is 1. The first-order valence-electron chi connectivity index (χ1n) is 4.39. The van der Waals surface area contributed by atoms with E-state index in [1.807, 2.05) is 18.0 Å². The fourth-order valence-electron chi connectivity index (χ4n) is 1.34. The molecule has 0 fully saturated rings. The standard InChI is InChI=1S/C10H12BrFN2S/c1-14(6-10(13)15)5-7-2-8(11)4-9(12)3-7/h2-4H,5-6H2,1H3,(H2,13,15). The van der Waals surface area contributed by atoms with Gasteiger partial charge in [0.15, 0.2) is 0 Å². The number of nitrogens with two attached hydrogens (primary N) is 1. The van der Waals surface area contributed by atoms with E-state index in [4.69, 9.17) is 18.0 Å². The van der Waals surface area contributed by atoms with Crippen LogP contribution in [-0.2, 0) is 6.54 Å². The number of benzene rings is 1. The lowest BCUT2D eigenvalue weighted by molar-refractivity contribution is 0.374. The van der Waals surface area contributed by atoms with Gasteiger partial charge in [-0.15, -0.1) is 0 Å². The van der Waals surface area contributed by atoms with E-state index in [1.165, 1.54) is 12.1 Å². The van der Waals surface area contributed by atoms with Gasteiger partial charge in [-0.25, -0.2) is 4.39 Å². The van der Waals surface area contributed by atoms with Crippen LogP contribution in [0.2, 0.25) is 0 Å². The van der Waals surface area contributed by atoms with E-state index in [1.54, 1.807) is 0 Å². The second-order valence-corrected chi connectivity index (χ2v) is 4.86. The molecule has 0 heterocycles. The monoisotopic (exact) mass is 290 g/mol. The van der Waals surface area contributed by atoms with Crippen molar-refractivity contribution in [1.29, 1.82) is 0 Å². The number of hydrogen-bond donors (Lipinski definition) is 1. The lowest BCUT2D eigenvalue weighted by atomic mass is 10.2. The SMILES string of the molecule is CN(CC(N)=S)Cc1cc(F)cc(Br)c1. The van der Waals surface area contributed by atoms with Crippen LogP contribution in [0.15, 0.2) is 22.7 Å². The molecule has 0 bridgehead atoms. The van der Waals surface area contributed by atoms with E-state index in [-0.39, 0.29) is 5.82 Å². The maximum Gasteiger partial charge on any atom is 0.124 e. The second kappa shape index (κ2) is 5.53. The molecule has 0 aliphatic carbocycles. The first-order chi connectivity index (χ1) is 6.97. The van der Waals surface area contributed by atoms with E-state index in [0.29, 0.717) is 18.1 Å². The van der Waals surface area contributed by atoms with Gasteiger partial charge in [0.25, 0.3) is 0 Å². The molecule has 0 spiro atoms. The predicted octanol–water partition coefficient (Wildman–Crippen LogP) is 2.31. The second-order valence-electron chi connectivity index (χ2n) is 3.42. The van der Waals surface area contributed by atoms with Crippen molar-refractivity contribution < 1.29 is 4.39 Å². The number of thiocarbonyl (C=S) groups is 1. The van der Waals surface area contributed by atoms with Crippen LogP contribution in [0.3, 0.4) is 0 Å². The third kappa shape index (κ3) is 4.68. The van der Waals surface area contributed by atoms with Crippen molar-refractivity contribution in [1.82, 2.24) is 4.90 Å². The van der Waals surface area contributed by atoms with Crippen molar-refractivity contribution in [3.63, 3.8) is 0 Å². The van der Waals surface area contributed by atoms with Gasteiger partial charge >= 0.3 is 0 Å². The minimum absolute atomic E-state index is 0.247. The minimum atomic E-state index is -0.247. The molecule has 0 aromatic heterocycles. The molecule has 0 unspecified atom stereocenters. The maximum atomic E-state index is 13.0. The first kappa shape index (κ1) is 12.5. The zero-order valence-corrected chi connectivity index (χ0v) is 10.7. The van der Waals surface area contributed by atoms with Crippen molar-refractivity contribution >= 4 is 33.1 Å². The van der Waals surface area contributed by atoms with Gasteiger partial charge in [0.1, 0.15) is 5.82 Å². The summed E-state index contributed by atoms with van der Waals surface area (Å²) in [6.07, 6.45) is 0. The third-order valence-corrected chi connectivity index (χ3v) is 2.39. The highest BCUT2D eigenvalue weighted by Crippen LogP contribution is 2.15. The van der Waals surface area contributed by atoms with E-state index < -0.39 is 0 Å². The summed E-state index contributed by atoms with van der Waals surface area (Å²) < 4.78 is 13.8. The van der Waals surface area contributed by atoms with Gasteiger partial charge in [0, 0.05) is 17.6 Å². The molecule has 0 saturated carbocycles. The molecule has 0 atom stereocenters. The van der Waals surface area contributed by atoms with Gasteiger partial charge in [0.2, 0.25) is 0 Å². The molecule has 15 heavy (non-hydrogen) atoms. The summed E-state index contributed by atoms with van der Waals surface area (Å²) in [7, 11) is 1.89. The van der Waals surface area contributed by atoms with Gasteiger partial charge in [-0.3, -0.25) is 4.90 Å². The van der Waals surface area contributed by atoms with Crippen LogP contribution in [0.4, 0.5) is 4.39 Å². The molecule has 1 aromatic rings. The zero-order valence-electron chi connectivity index (χ0n) is 8.34. The van der Waals surface area contributed by atoms with Gasteiger partial charge in [-0.2, -0.15) is 0 Å². The summed E-state index contributed by atoms with van der Waals surface area (Å²) >= 11 is 8.04. The van der Waals surface area contributed by atoms with Crippen LogP contribution in [0.5, 0.6) is 0 Å². The summed E-state index contributed by atoms with van der Waals surface area (Å²) in [4.78, 5) is 2.37. The molecule has 0 saturated heterocycles. The van der Waals surface area contributed by atoms with E-state index in [9.17, 15) is 4.39 Å². The van der Waals surface area contributed by atoms with Gasteiger partial charge in [-0.1, -0.05) is 28.1 Å². The Kier molecular flexibility index (Phi) is 4.63. The zero-order chi connectivity index (χ0) is 11.4. The normalized spacial score (nSPS) is 10.7. The fraction of sp³-hybridized carbons (Fsp3) is 0.300. The minimum Gasteiger partial charge on any atom is -0.392 e. The highest BCUT2D eigenvalue weighted by atomic mass is 79.9. The van der Waals surface area contributed by atoms with Crippen molar-refractivity contribution in [3.05, 3.63) is 34.1 Å². The molecular formula is C10H12BrFN2S. The lowest BCUT2D eigenvalue weighted by Gasteiger charge is -2.15. The number of likely N-dealkylation sites (N-methyl/N-ethyl adjacent to an activating group) is 1. The van der Waals surface area contributed by atoms with E-state index in [0.717, 1.165) is 10.0 Å². The van der Waals surface area contributed by atoms with Crippen LogP contribution >= 0.6 is 28.1 Å². The van der Waals surface area contributed by atoms with Crippen LogP contribution < -0.4 is 5.73 Å². The number of halogens is 2. The Labute approximate surface area is 102 Å². The molecule has 2 N–H and O–H groups in total. The molecule has 0 radical (unpaired) electrons. The van der Waals surface area contributed by atoms with Crippen molar-refractivity contribution in [2.24, 2.45) is 5.73 Å². The Morgan fingerprint density at radius 3 is 2.73 bits per heavy atom. The Bertz CT molecular complexity index is 350. The maximum absolute atomic E-state index is 13.0. The van der Waals surface area contributed by atoms with Crippen molar-refractivity contribution in [3.8, 4) is 0 Å². The quantitative estimate of drug-likeness (QED) is 0.863. The molecule has 0 aliphatic heterocycles. The molecule has 1 aromatic carbocycles. The molecule has 0 aliphatic rings. The highest BCUT2D eigenvalue weighted by Gasteiger charge is 2.04. The average Bonchev–Trinajstić information content (AvgIpc) is 1.98. The Hall–Kier alpha value is -0.520. The summed E-state index contributed by atoms with van der Waals surface area (Å²) in [6, 6.07) is 4.80. The molecule has 82 valence electrons. The topological polar surface area (TPSA) is 29.3 Å². The largest absolute Gasteiger partial charge is 0.392 e. The molecule has 0 amide bonds. The van der Waals surface area contributed by atoms with Crippen LogP contribution in [0.1, 0.15) is 5.56 Å². The average molecular weight is 291 g/mol. The Morgan fingerprint density at radius 1 is 1.53 bits per heavy atom. The summed E-state index contributed by atoms with van der Waals surface area (Å²) in [5, 5.41) is 0. The summed E-state index contributed by atoms with van der Waals surface area (Å²) in [5.74, 6) is -0.247. The van der Waals surface area contributed by atoms with Crippen LogP contribution in [0.25, 0.3) is 0 Å². The summed E-state index contributed by atoms with van der Waals surface area (Å²) in [6.45, 7) is 1.15. The van der Waals surface area contributed by atoms with Crippen LogP contribution in [0, 0.1) is 5.82 Å². The smallest absolute Gasteiger partial charge is 0.124 e. The van der Waals surface area contributed by atoms with Gasteiger partial charge in [0.05, 0.1) is 4.99 Å². The van der Waals surface area contributed by atoms with Crippen LogP contribution in [-0.4, -0.2) is 23.5 Å². The number of hydrogen-bond acceptors (Lipinski definition) is 2. The molecular weight excluding hydrogens is 279 g/mol. The summed E-state index contributed by atoms with van der Waals surface area (Å²) in [5.41, 5.74) is 6.30.